The number of aromatic nitrogens is 2. The summed E-state index contributed by atoms with van der Waals surface area (Å²) in [5.41, 5.74) is 0.0568. The molecular formula is C17H17Cl2N3O3. The summed E-state index contributed by atoms with van der Waals surface area (Å²) in [6.45, 7) is 1.78. The molecule has 8 heteroatoms. The molecule has 0 aliphatic rings. The van der Waals surface area contributed by atoms with E-state index in [-0.39, 0.29) is 11.6 Å². The van der Waals surface area contributed by atoms with Crippen molar-refractivity contribution >= 4 is 35.2 Å². The highest BCUT2D eigenvalue weighted by Crippen LogP contribution is 2.25. The number of hydrogen-bond acceptors (Lipinski definition) is 3. The van der Waals surface area contributed by atoms with Gasteiger partial charge in [-0.25, -0.2) is 4.79 Å². The fraction of sp³-hybridized carbons (Fsp3) is 0.235. The maximum atomic E-state index is 12.1. The Kier molecular flexibility index (Phi) is 5.87. The Hall–Kier alpha value is -2.31. The van der Waals surface area contributed by atoms with Gasteiger partial charge in [0.25, 0.3) is 5.56 Å². The molecule has 0 aliphatic carbocycles. The lowest BCUT2D eigenvalue weighted by Gasteiger charge is -2.14. The van der Waals surface area contributed by atoms with Gasteiger partial charge in [-0.3, -0.25) is 14.2 Å². The summed E-state index contributed by atoms with van der Waals surface area (Å²) >= 11 is 12.0. The van der Waals surface area contributed by atoms with Gasteiger partial charge in [-0.1, -0.05) is 29.3 Å². The Morgan fingerprint density at radius 3 is 2.56 bits per heavy atom. The molecule has 0 saturated carbocycles. The molecular weight excluding hydrogens is 365 g/mol. The van der Waals surface area contributed by atoms with Crippen molar-refractivity contribution in [1.29, 1.82) is 0 Å². The van der Waals surface area contributed by atoms with Crippen LogP contribution in [-0.4, -0.2) is 15.0 Å². The van der Waals surface area contributed by atoms with Gasteiger partial charge >= 0.3 is 5.69 Å². The molecule has 0 aliphatic heterocycles. The number of amides is 1. The fourth-order valence-electron chi connectivity index (χ4n) is 2.31. The number of hydrogen-bond donors (Lipinski definition) is 1. The summed E-state index contributed by atoms with van der Waals surface area (Å²) in [6, 6.07) is 4.69. The molecule has 0 spiro atoms. The third kappa shape index (κ3) is 4.41. The predicted octanol–water partition coefficient (Wildman–Crippen LogP) is 2.28. The highest BCUT2D eigenvalue weighted by atomic mass is 35.5. The van der Waals surface area contributed by atoms with Crippen LogP contribution < -0.4 is 16.6 Å². The molecule has 132 valence electrons. The molecule has 0 radical (unpaired) electrons. The second-order valence-corrected chi connectivity index (χ2v) is 6.42. The van der Waals surface area contributed by atoms with Crippen LogP contribution in [0.25, 0.3) is 6.08 Å². The highest BCUT2D eigenvalue weighted by Gasteiger charge is 2.12. The minimum atomic E-state index is -0.471. The lowest BCUT2D eigenvalue weighted by atomic mass is 10.1. The quantitative estimate of drug-likeness (QED) is 0.825. The molecule has 2 rings (SSSR count). The first kappa shape index (κ1) is 19.0. The summed E-state index contributed by atoms with van der Waals surface area (Å²) in [5, 5.41) is 3.72. The van der Waals surface area contributed by atoms with E-state index in [2.05, 4.69) is 5.32 Å². The molecule has 0 bridgehead atoms. The van der Waals surface area contributed by atoms with Gasteiger partial charge in [0.2, 0.25) is 5.91 Å². The van der Waals surface area contributed by atoms with Crippen LogP contribution in [0.4, 0.5) is 0 Å². The van der Waals surface area contributed by atoms with E-state index in [1.54, 1.807) is 25.1 Å². The minimum absolute atomic E-state index is 0.233. The van der Waals surface area contributed by atoms with E-state index in [9.17, 15) is 14.4 Å². The van der Waals surface area contributed by atoms with E-state index in [0.29, 0.717) is 10.0 Å². The third-order valence-corrected chi connectivity index (χ3v) is 4.24. The van der Waals surface area contributed by atoms with Gasteiger partial charge in [-0.05, 0) is 30.7 Å². The van der Waals surface area contributed by atoms with Gasteiger partial charge in [-0.2, -0.15) is 0 Å². The van der Waals surface area contributed by atoms with Crippen LogP contribution in [0.2, 0.25) is 10.0 Å². The van der Waals surface area contributed by atoms with E-state index in [0.717, 1.165) is 10.1 Å². The van der Waals surface area contributed by atoms with Gasteiger partial charge in [0, 0.05) is 36.4 Å². The Morgan fingerprint density at radius 1 is 1.24 bits per heavy atom. The lowest BCUT2D eigenvalue weighted by molar-refractivity contribution is -0.117. The molecule has 1 aromatic carbocycles. The Labute approximate surface area is 154 Å². The number of rotatable bonds is 4. The Balaban J connectivity index is 2.16. The normalized spacial score (nSPS) is 12.4. The summed E-state index contributed by atoms with van der Waals surface area (Å²) in [7, 11) is 2.91. The van der Waals surface area contributed by atoms with Crippen LogP contribution in [0.5, 0.6) is 0 Å². The molecule has 0 saturated heterocycles. The molecule has 6 nitrogen and oxygen atoms in total. The molecule has 1 unspecified atom stereocenters. The second-order valence-electron chi connectivity index (χ2n) is 5.57. The van der Waals surface area contributed by atoms with Gasteiger partial charge in [0.1, 0.15) is 0 Å². The van der Waals surface area contributed by atoms with Crippen molar-refractivity contribution in [3.05, 3.63) is 72.5 Å². The summed E-state index contributed by atoms with van der Waals surface area (Å²) in [6.07, 6.45) is 3.99. The predicted molar refractivity (Wildman–Crippen MR) is 99.0 cm³/mol. The number of carbonyl (C=O) groups is 1. The molecule has 2 aromatic rings. The average Bonchev–Trinajstić information content (AvgIpc) is 2.54. The number of benzene rings is 1. The molecule has 1 heterocycles. The smallest absolute Gasteiger partial charge is 0.330 e. The summed E-state index contributed by atoms with van der Waals surface area (Å²) in [5.74, 6) is -0.394. The third-order valence-electron chi connectivity index (χ3n) is 3.68. The first-order valence-electron chi connectivity index (χ1n) is 7.41. The zero-order valence-corrected chi connectivity index (χ0v) is 15.4. The van der Waals surface area contributed by atoms with Crippen molar-refractivity contribution in [2.45, 2.75) is 13.0 Å². The Morgan fingerprint density at radius 2 is 1.92 bits per heavy atom. The van der Waals surface area contributed by atoms with Crippen LogP contribution in [0.1, 0.15) is 24.1 Å². The standard InChI is InChI=1S/C17H17Cl2N3O3/c1-10(13-6-5-12(18)8-14(13)19)20-15(23)7-4-11-9-21(2)17(25)22(3)16(11)24/h4-10H,1-3H3,(H,20,23)/b7-4+. The van der Waals surface area contributed by atoms with Crippen LogP contribution in [-0.2, 0) is 18.9 Å². The molecule has 1 amide bonds. The zero-order chi connectivity index (χ0) is 18.7. The van der Waals surface area contributed by atoms with Crippen molar-refractivity contribution in [2.24, 2.45) is 14.1 Å². The maximum Gasteiger partial charge on any atom is 0.330 e. The molecule has 0 fully saturated rings. The molecule has 1 N–H and O–H groups in total. The van der Waals surface area contributed by atoms with E-state index in [4.69, 9.17) is 23.2 Å². The van der Waals surface area contributed by atoms with Crippen molar-refractivity contribution < 1.29 is 4.79 Å². The average molecular weight is 382 g/mol. The lowest BCUT2D eigenvalue weighted by Crippen LogP contribution is -2.37. The van der Waals surface area contributed by atoms with E-state index < -0.39 is 17.2 Å². The van der Waals surface area contributed by atoms with Gasteiger partial charge in [0.05, 0.1) is 11.6 Å². The maximum absolute atomic E-state index is 12.1. The van der Waals surface area contributed by atoms with Gasteiger partial charge < -0.3 is 9.88 Å². The SMILES string of the molecule is CC(NC(=O)/C=C/c1cn(C)c(=O)n(C)c1=O)c1ccc(Cl)cc1Cl. The minimum Gasteiger partial charge on any atom is -0.346 e. The van der Waals surface area contributed by atoms with Crippen molar-refractivity contribution in [3.63, 3.8) is 0 Å². The van der Waals surface area contributed by atoms with Gasteiger partial charge in [-0.15, -0.1) is 0 Å². The zero-order valence-electron chi connectivity index (χ0n) is 13.9. The topological polar surface area (TPSA) is 73.1 Å². The summed E-state index contributed by atoms with van der Waals surface area (Å²) < 4.78 is 2.25. The van der Waals surface area contributed by atoms with Crippen LogP contribution in [0.15, 0.2) is 40.1 Å². The highest BCUT2D eigenvalue weighted by molar-refractivity contribution is 6.35. The monoisotopic (exact) mass is 381 g/mol. The number of carbonyl (C=O) groups excluding carboxylic acids is 1. The molecule has 1 aromatic heterocycles. The first-order valence-corrected chi connectivity index (χ1v) is 8.16. The fourth-order valence-corrected chi connectivity index (χ4v) is 2.88. The molecule has 25 heavy (non-hydrogen) atoms. The number of halogens is 2. The first-order chi connectivity index (χ1) is 11.7. The number of nitrogens with zero attached hydrogens (tertiary/aromatic N) is 2. The van der Waals surface area contributed by atoms with Crippen molar-refractivity contribution in [2.75, 3.05) is 0 Å². The van der Waals surface area contributed by atoms with Crippen LogP contribution in [0.3, 0.4) is 0 Å². The molecule has 1 atom stereocenters. The van der Waals surface area contributed by atoms with Crippen LogP contribution >= 0.6 is 23.2 Å². The second kappa shape index (κ2) is 7.72. The van der Waals surface area contributed by atoms with Crippen molar-refractivity contribution in [1.82, 2.24) is 14.5 Å². The van der Waals surface area contributed by atoms with Crippen molar-refractivity contribution in [3.8, 4) is 0 Å². The number of nitrogens with one attached hydrogen (secondary N) is 1. The van der Waals surface area contributed by atoms with Crippen LogP contribution in [0, 0.1) is 0 Å². The Bertz CT molecular complexity index is 961. The van der Waals surface area contributed by atoms with E-state index in [1.807, 2.05) is 0 Å². The largest absolute Gasteiger partial charge is 0.346 e. The van der Waals surface area contributed by atoms with E-state index >= 15 is 0 Å². The van der Waals surface area contributed by atoms with Gasteiger partial charge in [0.15, 0.2) is 0 Å². The van der Waals surface area contributed by atoms with E-state index in [1.165, 1.54) is 37.0 Å². The summed E-state index contributed by atoms with van der Waals surface area (Å²) in [4.78, 5) is 35.7. The number of aryl methyl sites for hydroxylation is 1.